The van der Waals surface area contributed by atoms with Crippen LogP contribution in [0.1, 0.15) is 18.0 Å². The lowest BCUT2D eigenvalue weighted by atomic mass is 10.1. The highest BCUT2D eigenvalue weighted by molar-refractivity contribution is 5.21. The molecule has 0 heterocycles. The Bertz CT molecular complexity index is 396. The molecule has 0 aliphatic carbocycles. The fourth-order valence-electron chi connectivity index (χ4n) is 1.93. The predicted molar refractivity (Wildman–Crippen MR) is 74.0 cm³/mol. The van der Waals surface area contributed by atoms with Crippen molar-refractivity contribution in [3.63, 3.8) is 0 Å². The summed E-state index contributed by atoms with van der Waals surface area (Å²) in [5.41, 5.74) is 6.63. The third kappa shape index (κ3) is 5.63. The first-order valence-electron chi connectivity index (χ1n) is 6.44. The first kappa shape index (κ1) is 16.0. The SMILES string of the molecule is CN(C)CCCN(C)CC(N)c1ccc(F)c(F)c1. The van der Waals surface area contributed by atoms with E-state index in [-0.39, 0.29) is 6.04 Å². The average molecular weight is 271 g/mol. The number of halogens is 2. The normalized spacial score (nSPS) is 13.3. The number of benzene rings is 1. The number of hydrogen-bond acceptors (Lipinski definition) is 3. The largest absolute Gasteiger partial charge is 0.323 e. The van der Waals surface area contributed by atoms with Crippen LogP contribution in [0.5, 0.6) is 0 Å². The van der Waals surface area contributed by atoms with Crippen LogP contribution >= 0.6 is 0 Å². The lowest BCUT2D eigenvalue weighted by molar-refractivity contribution is 0.286. The van der Waals surface area contributed by atoms with Gasteiger partial charge in [0.1, 0.15) is 0 Å². The van der Waals surface area contributed by atoms with E-state index in [4.69, 9.17) is 5.73 Å². The second kappa shape index (κ2) is 7.53. The zero-order valence-corrected chi connectivity index (χ0v) is 11.9. The molecule has 0 aliphatic heterocycles. The van der Waals surface area contributed by atoms with Gasteiger partial charge in [0.2, 0.25) is 0 Å². The minimum absolute atomic E-state index is 0.306. The van der Waals surface area contributed by atoms with E-state index in [0.717, 1.165) is 25.6 Å². The lowest BCUT2D eigenvalue weighted by Gasteiger charge is -2.22. The lowest BCUT2D eigenvalue weighted by Crippen LogP contribution is -2.31. The molecule has 1 unspecified atom stereocenters. The fraction of sp³-hybridized carbons (Fsp3) is 0.571. The van der Waals surface area contributed by atoms with Crippen LogP contribution < -0.4 is 5.73 Å². The Labute approximate surface area is 114 Å². The van der Waals surface area contributed by atoms with Crippen LogP contribution in [0.4, 0.5) is 8.78 Å². The molecule has 1 aromatic rings. The fourth-order valence-corrected chi connectivity index (χ4v) is 1.93. The topological polar surface area (TPSA) is 32.5 Å². The molecule has 0 fully saturated rings. The summed E-state index contributed by atoms with van der Waals surface area (Å²) in [6, 6.07) is 3.53. The minimum Gasteiger partial charge on any atom is -0.323 e. The van der Waals surface area contributed by atoms with Gasteiger partial charge in [0.05, 0.1) is 0 Å². The maximum Gasteiger partial charge on any atom is 0.159 e. The molecule has 0 saturated heterocycles. The van der Waals surface area contributed by atoms with Gasteiger partial charge < -0.3 is 15.5 Å². The first-order chi connectivity index (χ1) is 8.90. The molecule has 0 radical (unpaired) electrons. The molecule has 0 aliphatic rings. The van der Waals surface area contributed by atoms with Gasteiger partial charge >= 0.3 is 0 Å². The predicted octanol–water partition coefficient (Wildman–Crippen LogP) is 1.85. The Morgan fingerprint density at radius 3 is 2.37 bits per heavy atom. The van der Waals surface area contributed by atoms with E-state index in [1.165, 1.54) is 12.1 Å². The van der Waals surface area contributed by atoms with Crippen LogP contribution in [0.15, 0.2) is 18.2 Å². The summed E-state index contributed by atoms with van der Waals surface area (Å²) in [6.45, 7) is 2.57. The molecule has 0 spiro atoms. The van der Waals surface area contributed by atoms with Gasteiger partial charge in [-0.15, -0.1) is 0 Å². The van der Waals surface area contributed by atoms with Crippen molar-refractivity contribution < 1.29 is 8.78 Å². The van der Waals surface area contributed by atoms with Crippen LogP contribution in [-0.2, 0) is 0 Å². The molecule has 2 N–H and O–H groups in total. The third-order valence-electron chi connectivity index (χ3n) is 3.03. The van der Waals surface area contributed by atoms with Gasteiger partial charge in [-0.2, -0.15) is 0 Å². The van der Waals surface area contributed by atoms with E-state index in [1.54, 1.807) is 0 Å². The number of nitrogens with two attached hydrogens (primary N) is 1. The second-order valence-corrected chi connectivity index (χ2v) is 5.20. The van der Waals surface area contributed by atoms with E-state index >= 15 is 0 Å². The van der Waals surface area contributed by atoms with Gasteiger partial charge in [-0.3, -0.25) is 0 Å². The van der Waals surface area contributed by atoms with Crippen molar-refractivity contribution >= 4 is 0 Å². The van der Waals surface area contributed by atoms with Gasteiger partial charge in [-0.05, 0) is 58.3 Å². The van der Waals surface area contributed by atoms with Crippen molar-refractivity contribution in [3.05, 3.63) is 35.4 Å². The van der Waals surface area contributed by atoms with Gasteiger partial charge in [-0.1, -0.05) is 6.07 Å². The molecular formula is C14H23F2N3. The summed E-state index contributed by atoms with van der Waals surface area (Å²) in [5, 5.41) is 0. The standard InChI is InChI=1S/C14H23F2N3/c1-18(2)7-4-8-19(3)10-14(17)11-5-6-12(15)13(16)9-11/h5-6,9,14H,4,7-8,10,17H2,1-3H3. The molecule has 1 aromatic carbocycles. The van der Waals surface area contributed by atoms with Gasteiger partial charge in [-0.25, -0.2) is 8.78 Å². The molecule has 5 heteroatoms. The second-order valence-electron chi connectivity index (χ2n) is 5.20. The quantitative estimate of drug-likeness (QED) is 0.821. The molecule has 3 nitrogen and oxygen atoms in total. The number of likely N-dealkylation sites (N-methyl/N-ethyl adjacent to an activating group) is 1. The zero-order chi connectivity index (χ0) is 14.4. The maximum atomic E-state index is 13.1. The highest BCUT2D eigenvalue weighted by atomic mass is 19.2. The minimum atomic E-state index is -0.844. The Hall–Kier alpha value is -1.04. The van der Waals surface area contributed by atoms with E-state index in [1.807, 2.05) is 21.1 Å². The van der Waals surface area contributed by atoms with Crippen LogP contribution in [0.25, 0.3) is 0 Å². The van der Waals surface area contributed by atoms with Crippen LogP contribution in [-0.4, -0.2) is 50.6 Å². The Morgan fingerprint density at radius 1 is 1.11 bits per heavy atom. The first-order valence-corrected chi connectivity index (χ1v) is 6.44. The Balaban J connectivity index is 2.44. The highest BCUT2D eigenvalue weighted by Crippen LogP contribution is 2.15. The summed E-state index contributed by atoms with van der Waals surface area (Å²) >= 11 is 0. The molecule has 0 amide bonds. The van der Waals surface area contributed by atoms with Crippen molar-refractivity contribution in [1.29, 1.82) is 0 Å². The Morgan fingerprint density at radius 2 is 1.79 bits per heavy atom. The maximum absolute atomic E-state index is 13.1. The number of hydrogen-bond donors (Lipinski definition) is 1. The van der Waals surface area contributed by atoms with E-state index in [9.17, 15) is 8.78 Å². The molecule has 0 bridgehead atoms. The van der Waals surface area contributed by atoms with Gasteiger partial charge in [0, 0.05) is 12.6 Å². The summed E-state index contributed by atoms with van der Waals surface area (Å²) in [7, 11) is 6.05. The summed E-state index contributed by atoms with van der Waals surface area (Å²) in [6.07, 6.45) is 1.05. The smallest absolute Gasteiger partial charge is 0.159 e. The van der Waals surface area contributed by atoms with Crippen molar-refractivity contribution in [3.8, 4) is 0 Å². The molecule has 1 rings (SSSR count). The van der Waals surface area contributed by atoms with Gasteiger partial charge in [0.25, 0.3) is 0 Å². The van der Waals surface area contributed by atoms with Crippen LogP contribution in [0.2, 0.25) is 0 Å². The number of nitrogens with zero attached hydrogens (tertiary/aromatic N) is 2. The van der Waals surface area contributed by atoms with E-state index in [0.29, 0.717) is 12.1 Å². The monoisotopic (exact) mass is 271 g/mol. The highest BCUT2D eigenvalue weighted by Gasteiger charge is 2.11. The van der Waals surface area contributed by atoms with Crippen molar-refractivity contribution in [1.82, 2.24) is 9.80 Å². The molecule has 19 heavy (non-hydrogen) atoms. The summed E-state index contributed by atoms with van der Waals surface area (Å²) in [5.74, 6) is -1.68. The number of rotatable bonds is 7. The Kier molecular flexibility index (Phi) is 6.34. The van der Waals surface area contributed by atoms with Crippen molar-refractivity contribution in [2.75, 3.05) is 40.8 Å². The van der Waals surface area contributed by atoms with Crippen LogP contribution in [0.3, 0.4) is 0 Å². The molecular weight excluding hydrogens is 248 g/mol. The van der Waals surface area contributed by atoms with E-state index < -0.39 is 11.6 Å². The van der Waals surface area contributed by atoms with Gasteiger partial charge in [0.15, 0.2) is 11.6 Å². The van der Waals surface area contributed by atoms with Crippen LogP contribution in [0, 0.1) is 11.6 Å². The van der Waals surface area contributed by atoms with Crippen molar-refractivity contribution in [2.24, 2.45) is 5.73 Å². The third-order valence-corrected chi connectivity index (χ3v) is 3.03. The summed E-state index contributed by atoms with van der Waals surface area (Å²) < 4.78 is 26.0. The summed E-state index contributed by atoms with van der Waals surface area (Å²) in [4.78, 5) is 4.23. The molecule has 0 saturated carbocycles. The zero-order valence-electron chi connectivity index (χ0n) is 11.9. The van der Waals surface area contributed by atoms with Crippen molar-refractivity contribution in [2.45, 2.75) is 12.5 Å². The molecule has 1 atom stereocenters. The molecule has 108 valence electrons. The van der Waals surface area contributed by atoms with E-state index in [2.05, 4.69) is 9.80 Å². The average Bonchev–Trinajstić information content (AvgIpc) is 2.32. The molecule has 0 aromatic heterocycles.